The molecule has 4 nitrogen and oxygen atoms in total. The van der Waals surface area contributed by atoms with E-state index in [1.165, 1.54) is 16.9 Å². The van der Waals surface area contributed by atoms with Gasteiger partial charge in [0.05, 0.1) is 0 Å². The maximum absolute atomic E-state index is 6.02. The molecule has 102 valence electrons. The average Bonchev–Trinajstić information content (AvgIpc) is 2.85. The molecule has 0 aliphatic carbocycles. The first-order valence-electron chi connectivity index (χ1n) is 6.46. The van der Waals surface area contributed by atoms with Crippen molar-refractivity contribution in [3.8, 4) is 5.75 Å². The molecule has 0 aliphatic rings. The lowest BCUT2D eigenvalue weighted by Gasteiger charge is -2.18. The van der Waals surface area contributed by atoms with Gasteiger partial charge in [-0.15, -0.1) is 10.2 Å². The molecule has 0 saturated carbocycles. The Hall–Kier alpha value is -1.62. The number of hydrogen-bond acceptors (Lipinski definition) is 5. The minimum Gasteiger partial charge on any atom is -0.483 e. The number of benzene rings is 1. The van der Waals surface area contributed by atoms with Crippen LogP contribution in [0, 0.1) is 0 Å². The van der Waals surface area contributed by atoms with Crippen molar-refractivity contribution in [3.63, 3.8) is 0 Å². The number of anilines is 1. The van der Waals surface area contributed by atoms with Crippen molar-refractivity contribution in [1.29, 1.82) is 0 Å². The summed E-state index contributed by atoms with van der Waals surface area (Å²) in [5, 5.41) is 9.12. The first-order chi connectivity index (χ1) is 9.11. The fraction of sp³-hybridized carbons (Fsp3) is 0.429. The number of rotatable bonds is 5. The molecule has 2 atom stereocenters. The Morgan fingerprint density at radius 3 is 2.63 bits per heavy atom. The first kappa shape index (κ1) is 13.8. The summed E-state index contributed by atoms with van der Waals surface area (Å²) in [7, 11) is 0. The Kier molecular flexibility index (Phi) is 4.37. The van der Waals surface area contributed by atoms with Crippen LogP contribution in [0.1, 0.15) is 49.8 Å². The van der Waals surface area contributed by atoms with Crippen LogP contribution < -0.4 is 10.5 Å². The van der Waals surface area contributed by atoms with Crippen molar-refractivity contribution in [2.75, 3.05) is 5.73 Å². The maximum Gasteiger partial charge on any atom is 0.203 e. The zero-order valence-corrected chi connectivity index (χ0v) is 12.3. The monoisotopic (exact) mass is 277 g/mol. The molecule has 2 unspecified atom stereocenters. The highest BCUT2D eigenvalue weighted by molar-refractivity contribution is 7.15. The number of nitrogen functional groups attached to an aromatic ring is 1. The quantitative estimate of drug-likeness (QED) is 0.903. The van der Waals surface area contributed by atoms with Crippen molar-refractivity contribution in [1.82, 2.24) is 10.2 Å². The van der Waals surface area contributed by atoms with Gasteiger partial charge in [-0.1, -0.05) is 43.4 Å². The van der Waals surface area contributed by atoms with Gasteiger partial charge in [0.15, 0.2) is 5.01 Å². The molecule has 2 rings (SSSR count). The summed E-state index contributed by atoms with van der Waals surface area (Å²) in [4.78, 5) is 0. The Labute approximate surface area is 117 Å². The molecule has 0 spiro atoms. The van der Waals surface area contributed by atoms with Crippen LogP contribution in [0.15, 0.2) is 24.3 Å². The van der Waals surface area contributed by atoms with Gasteiger partial charge < -0.3 is 10.5 Å². The van der Waals surface area contributed by atoms with Gasteiger partial charge in [0.2, 0.25) is 5.13 Å². The summed E-state index contributed by atoms with van der Waals surface area (Å²) < 4.78 is 6.02. The molecule has 5 heteroatoms. The van der Waals surface area contributed by atoms with E-state index in [9.17, 15) is 0 Å². The van der Waals surface area contributed by atoms with Crippen molar-refractivity contribution in [2.45, 2.75) is 39.2 Å². The van der Waals surface area contributed by atoms with Crippen LogP contribution in [-0.4, -0.2) is 10.2 Å². The summed E-state index contributed by atoms with van der Waals surface area (Å²) in [5.74, 6) is 1.39. The lowest BCUT2D eigenvalue weighted by atomic mass is 9.98. The van der Waals surface area contributed by atoms with Gasteiger partial charge in [-0.05, 0) is 30.9 Å². The van der Waals surface area contributed by atoms with Gasteiger partial charge in [-0.3, -0.25) is 0 Å². The van der Waals surface area contributed by atoms with E-state index in [0.29, 0.717) is 11.0 Å². The molecular formula is C14H19N3OS. The lowest BCUT2D eigenvalue weighted by Crippen LogP contribution is -2.05. The highest BCUT2D eigenvalue weighted by atomic mass is 32.1. The van der Waals surface area contributed by atoms with Gasteiger partial charge in [0.25, 0.3) is 0 Å². The molecule has 0 bridgehead atoms. The predicted octanol–water partition coefficient (Wildman–Crippen LogP) is 3.77. The van der Waals surface area contributed by atoms with E-state index in [2.05, 4.69) is 30.1 Å². The van der Waals surface area contributed by atoms with E-state index in [4.69, 9.17) is 10.5 Å². The van der Waals surface area contributed by atoms with Crippen LogP contribution in [0.2, 0.25) is 0 Å². The molecule has 1 aromatic carbocycles. The molecule has 19 heavy (non-hydrogen) atoms. The third kappa shape index (κ3) is 3.23. The van der Waals surface area contributed by atoms with Crippen LogP contribution in [0.25, 0.3) is 0 Å². The van der Waals surface area contributed by atoms with Crippen molar-refractivity contribution >= 4 is 16.5 Å². The second-order valence-corrected chi connectivity index (χ2v) is 5.63. The minimum atomic E-state index is -0.139. The highest BCUT2D eigenvalue weighted by Crippen LogP contribution is 2.32. The fourth-order valence-corrected chi connectivity index (χ4v) is 2.46. The zero-order chi connectivity index (χ0) is 13.8. The van der Waals surface area contributed by atoms with E-state index in [1.807, 2.05) is 25.1 Å². The Bertz CT molecular complexity index is 541. The Morgan fingerprint density at radius 2 is 2.00 bits per heavy atom. The SMILES string of the molecule is CCC(C)c1ccccc1OC(C)c1nnc(N)s1. The van der Waals surface area contributed by atoms with Gasteiger partial charge in [0.1, 0.15) is 11.9 Å². The number of nitrogens with zero attached hydrogens (tertiary/aromatic N) is 2. The van der Waals surface area contributed by atoms with Gasteiger partial charge in [-0.2, -0.15) is 0 Å². The number of para-hydroxylation sites is 1. The maximum atomic E-state index is 6.02. The molecule has 0 aliphatic heterocycles. The molecule has 2 N–H and O–H groups in total. The van der Waals surface area contributed by atoms with E-state index in [1.54, 1.807) is 0 Å². The lowest BCUT2D eigenvalue weighted by molar-refractivity contribution is 0.222. The summed E-state index contributed by atoms with van der Waals surface area (Å²) in [5.41, 5.74) is 6.83. The van der Waals surface area contributed by atoms with Crippen molar-refractivity contribution < 1.29 is 4.74 Å². The number of aromatic nitrogens is 2. The molecule has 0 amide bonds. The number of hydrogen-bond donors (Lipinski definition) is 1. The van der Waals surface area contributed by atoms with E-state index >= 15 is 0 Å². The van der Waals surface area contributed by atoms with Crippen LogP contribution in [0.5, 0.6) is 5.75 Å². The Morgan fingerprint density at radius 1 is 1.26 bits per heavy atom. The fourth-order valence-electron chi connectivity index (χ4n) is 1.87. The van der Waals surface area contributed by atoms with Crippen LogP contribution in [0.3, 0.4) is 0 Å². The molecular weight excluding hydrogens is 258 g/mol. The molecule has 1 aromatic heterocycles. The van der Waals surface area contributed by atoms with Gasteiger partial charge >= 0.3 is 0 Å². The van der Waals surface area contributed by atoms with E-state index in [-0.39, 0.29) is 6.10 Å². The van der Waals surface area contributed by atoms with Crippen LogP contribution in [-0.2, 0) is 0 Å². The molecule has 0 fully saturated rings. The summed E-state index contributed by atoms with van der Waals surface area (Å²) in [6.07, 6.45) is 0.945. The minimum absolute atomic E-state index is 0.139. The topological polar surface area (TPSA) is 61.0 Å². The van der Waals surface area contributed by atoms with E-state index in [0.717, 1.165) is 17.2 Å². The molecule has 0 saturated heterocycles. The second kappa shape index (κ2) is 6.02. The summed E-state index contributed by atoms with van der Waals surface area (Å²) in [6.45, 7) is 6.35. The zero-order valence-electron chi connectivity index (χ0n) is 11.5. The van der Waals surface area contributed by atoms with Crippen LogP contribution >= 0.6 is 11.3 Å². The molecule has 0 radical (unpaired) electrons. The smallest absolute Gasteiger partial charge is 0.203 e. The largest absolute Gasteiger partial charge is 0.483 e. The van der Waals surface area contributed by atoms with Crippen molar-refractivity contribution in [3.05, 3.63) is 34.8 Å². The third-order valence-electron chi connectivity index (χ3n) is 3.17. The molecule has 2 aromatic rings. The van der Waals surface area contributed by atoms with Gasteiger partial charge in [0, 0.05) is 0 Å². The van der Waals surface area contributed by atoms with E-state index < -0.39 is 0 Å². The Balaban J connectivity index is 2.19. The third-order valence-corrected chi connectivity index (χ3v) is 4.08. The highest BCUT2D eigenvalue weighted by Gasteiger charge is 2.16. The second-order valence-electron chi connectivity index (χ2n) is 4.59. The number of nitrogens with two attached hydrogens (primary N) is 1. The predicted molar refractivity (Wildman–Crippen MR) is 78.5 cm³/mol. The van der Waals surface area contributed by atoms with Gasteiger partial charge in [-0.25, -0.2) is 0 Å². The normalized spacial score (nSPS) is 14.1. The average molecular weight is 277 g/mol. The summed E-state index contributed by atoms with van der Waals surface area (Å²) >= 11 is 1.37. The number of ether oxygens (including phenoxy) is 1. The van der Waals surface area contributed by atoms with Crippen LogP contribution in [0.4, 0.5) is 5.13 Å². The first-order valence-corrected chi connectivity index (χ1v) is 7.28. The van der Waals surface area contributed by atoms with Crippen molar-refractivity contribution in [2.24, 2.45) is 0 Å². The standard InChI is InChI=1S/C14H19N3OS/c1-4-9(2)11-7-5-6-8-12(11)18-10(3)13-16-17-14(15)19-13/h5-10H,4H2,1-3H3,(H2,15,17). The molecule has 1 heterocycles. The summed E-state index contributed by atoms with van der Waals surface area (Å²) in [6, 6.07) is 8.15.